The van der Waals surface area contributed by atoms with E-state index in [1.54, 1.807) is 0 Å². The first-order valence-corrected chi connectivity index (χ1v) is 5.12. The molecule has 0 spiro atoms. The van der Waals surface area contributed by atoms with Gasteiger partial charge in [-0.1, -0.05) is 20.8 Å². The van der Waals surface area contributed by atoms with E-state index in [-0.39, 0.29) is 0 Å². The maximum Gasteiger partial charge on any atom is 0.0462 e. The van der Waals surface area contributed by atoms with E-state index in [0.29, 0.717) is 23.4 Å². The van der Waals surface area contributed by atoms with Gasteiger partial charge in [-0.15, -0.1) is 0 Å². The van der Waals surface area contributed by atoms with E-state index in [2.05, 4.69) is 20.8 Å². The minimum atomic E-state index is 0.406. The number of aliphatic hydroxyl groups excluding tert-OH is 1. The quantitative estimate of drug-likeness (QED) is 0.637. The Balaban J connectivity index is 2.30. The highest BCUT2D eigenvalue weighted by molar-refractivity contribution is 5.09. The minimum Gasteiger partial charge on any atom is -0.396 e. The van der Waals surface area contributed by atoms with E-state index in [9.17, 15) is 5.11 Å². The highest BCUT2D eigenvalue weighted by Crippen LogP contribution is 2.67. The van der Waals surface area contributed by atoms with Crippen LogP contribution < -0.4 is 0 Å². The summed E-state index contributed by atoms with van der Waals surface area (Å²) < 4.78 is 0. The molecule has 0 heterocycles. The van der Waals surface area contributed by atoms with E-state index < -0.39 is 0 Å². The van der Waals surface area contributed by atoms with Crippen LogP contribution in [0.1, 0.15) is 40.0 Å². The standard InChI is InChI=1S/C11H20O/c1-10(2)9-4-5-11(10,3)6-8(9)7-12/h8-9,12H,4-7H2,1-3H3/t8-,9+,11-/m1/s1. The lowest BCUT2D eigenvalue weighted by atomic mass is 9.71. The summed E-state index contributed by atoms with van der Waals surface area (Å²) in [7, 11) is 0. The van der Waals surface area contributed by atoms with Crippen molar-refractivity contribution in [3.8, 4) is 0 Å². The first-order valence-electron chi connectivity index (χ1n) is 5.12. The minimum absolute atomic E-state index is 0.406. The Morgan fingerprint density at radius 1 is 1.33 bits per heavy atom. The number of rotatable bonds is 1. The molecule has 2 aliphatic rings. The van der Waals surface area contributed by atoms with Crippen molar-refractivity contribution in [2.45, 2.75) is 40.0 Å². The van der Waals surface area contributed by atoms with Crippen molar-refractivity contribution in [3.63, 3.8) is 0 Å². The maximum atomic E-state index is 9.23. The summed E-state index contributed by atoms with van der Waals surface area (Å²) in [6, 6.07) is 0. The molecule has 0 saturated heterocycles. The Labute approximate surface area is 75.2 Å². The Morgan fingerprint density at radius 3 is 2.25 bits per heavy atom. The fourth-order valence-corrected chi connectivity index (χ4v) is 3.71. The number of hydrogen-bond donors (Lipinski definition) is 1. The van der Waals surface area contributed by atoms with Crippen molar-refractivity contribution in [2.75, 3.05) is 6.61 Å². The van der Waals surface area contributed by atoms with Crippen molar-refractivity contribution in [1.82, 2.24) is 0 Å². The predicted molar refractivity (Wildman–Crippen MR) is 49.8 cm³/mol. The first-order chi connectivity index (χ1) is 5.51. The van der Waals surface area contributed by atoms with Crippen LogP contribution in [-0.4, -0.2) is 11.7 Å². The Bertz CT molecular complexity index is 194. The summed E-state index contributed by atoms with van der Waals surface area (Å²) in [5, 5.41) is 9.23. The lowest BCUT2D eigenvalue weighted by Crippen LogP contribution is -2.26. The van der Waals surface area contributed by atoms with Gasteiger partial charge < -0.3 is 5.11 Å². The van der Waals surface area contributed by atoms with Gasteiger partial charge in [0.2, 0.25) is 0 Å². The molecule has 1 nitrogen and oxygen atoms in total. The summed E-state index contributed by atoms with van der Waals surface area (Å²) in [5.41, 5.74) is 0.992. The van der Waals surface area contributed by atoms with E-state index in [1.165, 1.54) is 19.3 Å². The molecule has 0 radical (unpaired) electrons. The maximum absolute atomic E-state index is 9.23. The zero-order chi connectivity index (χ0) is 8.98. The number of fused-ring (bicyclic) bond motifs is 2. The van der Waals surface area contributed by atoms with Crippen molar-refractivity contribution >= 4 is 0 Å². The molecule has 3 atom stereocenters. The van der Waals surface area contributed by atoms with E-state index in [1.807, 2.05) is 0 Å². The molecule has 2 rings (SSSR count). The molecule has 1 N–H and O–H groups in total. The molecule has 1 heteroatoms. The number of aliphatic hydroxyl groups is 1. The fourth-order valence-electron chi connectivity index (χ4n) is 3.71. The van der Waals surface area contributed by atoms with Crippen LogP contribution in [0.15, 0.2) is 0 Å². The second kappa shape index (κ2) is 2.25. The van der Waals surface area contributed by atoms with Gasteiger partial charge in [0.05, 0.1) is 0 Å². The summed E-state index contributed by atoms with van der Waals surface area (Å²) in [4.78, 5) is 0. The normalized spacial score (nSPS) is 50.0. The van der Waals surface area contributed by atoms with Gasteiger partial charge in [0.15, 0.2) is 0 Å². The molecule has 0 aromatic rings. The molecule has 0 aliphatic heterocycles. The largest absolute Gasteiger partial charge is 0.396 e. The zero-order valence-corrected chi connectivity index (χ0v) is 8.43. The molecule has 70 valence electrons. The first kappa shape index (κ1) is 8.55. The van der Waals surface area contributed by atoms with Gasteiger partial charge in [-0.25, -0.2) is 0 Å². The SMILES string of the molecule is CC1(C)[C@H]2CC[C@]1(C)C[C@@H]2CO. The lowest BCUT2D eigenvalue weighted by molar-refractivity contribution is 0.149. The van der Waals surface area contributed by atoms with Gasteiger partial charge in [-0.05, 0) is 41.9 Å². The highest BCUT2D eigenvalue weighted by atomic mass is 16.3. The van der Waals surface area contributed by atoms with Crippen LogP contribution in [0.2, 0.25) is 0 Å². The lowest BCUT2D eigenvalue weighted by Gasteiger charge is -2.34. The number of hydrogen-bond acceptors (Lipinski definition) is 1. The molecule has 0 aromatic carbocycles. The van der Waals surface area contributed by atoms with Crippen molar-refractivity contribution in [1.29, 1.82) is 0 Å². The van der Waals surface area contributed by atoms with Gasteiger partial charge in [0, 0.05) is 6.61 Å². The smallest absolute Gasteiger partial charge is 0.0462 e. The van der Waals surface area contributed by atoms with Crippen LogP contribution in [0.5, 0.6) is 0 Å². The van der Waals surface area contributed by atoms with Gasteiger partial charge >= 0.3 is 0 Å². The summed E-state index contributed by atoms with van der Waals surface area (Å²) >= 11 is 0. The monoisotopic (exact) mass is 168 g/mol. The Hall–Kier alpha value is -0.0400. The fraction of sp³-hybridized carbons (Fsp3) is 1.00. The molecule has 2 bridgehead atoms. The van der Waals surface area contributed by atoms with E-state index in [0.717, 1.165) is 5.92 Å². The van der Waals surface area contributed by atoms with Crippen LogP contribution in [0.3, 0.4) is 0 Å². The third kappa shape index (κ3) is 0.783. The molecular formula is C11H20O. The Kier molecular flexibility index (Phi) is 1.61. The third-order valence-electron chi connectivity index (χ3n) is 5.01. The van der Waals surface area contributed by atoms with Crippen molar-refractivity contribution < 1.29 is 5.11 Å². The molecule has 0 unspecified atom stereocenters. The molecule has 2 aliphatic carbocycles. The van der Waals surface area contributed by atoms with Crippen LogP contribution >= 0.6 is 0 Å². The topological polar surface area (TPSA) is 20.2 Å². The van der Waals surface area contributed by atoms with E-state index in [4.69, 9.17) is 0 Å². The van der Waals surface area contributed by atoms with Gasteiger partial charge in [-0.3, -0.25) is 0 Å². The van der Waals surface area contributed by atoms with Gasteiger partial charge in [0.1, 0.15) is 0 Å². The van der Waals surface area contributed by atoms with Gasteiger partial charge in [0.25, 0.3) is 0 Å². The molecule has 2 saturated carbocycles. The average Bonchev–Trinajstić information content (AvgIpc) is 2.33. The van der Waals surface area contributed by atoms with Crippen molar-refractivity contribution in [3.05, 3.63) is 0 Å². The van der Waals surface area contributed by atoms with Crippen LogP contribution in [0.25, 0.3) is 0 Å². The third-order valence-corrected chi connectivity index (χ3v) is 5.01. The molecule has 0 aromatic heterocycles. The molecule has 2 fully saturated rings. The molecule has 12 heavy (non-hydrogen) atoms. The van der Waals surface area contributed by atoms with Crippen LogP contribution in [0.4, 0.5) is 0 Å². The van der Waals surface area contributed by atoms with Crippen molar-refractivity contribution in [2.24, 2.45) is 22.7 Å². The summed E-state index contributed by atoms with van der Waals surface area (Å²) in [6.45, 7) is 7.59. The van der Waals surface area contributed by atoms with E-state index >= 15 is 0 Å². The second-order valence-corrected chi connectivity index (χ2v) is 5.57. The van der Waals surface area contributed by atoms with Crippen LogP contribution in [0, 0.1) is 22.7 Å². The van der Waals surface area contributed by atoms with Crippen LogP contribution in [-0.2, 0) is 0 Å². The Morgan fingerprint density at radius 2 is 2.00 bits per heavy atom. The molecule has 0 amide bonds. The zero-order valence-electron chi connectivity index (χ0n) is 8.43. The predicted octanol–water partition coefficient (Wildman–Crippen LogP) is 2.44. The van der Waals surface area contributed by atoms with Gasteiger partial charge in [-0.2, -0.15) is 0 Å². The average molecular weight is 168 g/mol. The molecular weight excluding hydrogens is 148 g/mol. The second-order valence-electron chi connectivity index (χ2n) is 5.57. The summed E-state index contributed by atoms with van der Waals surface area (Å²) in [5.74, 6) is 1.38. The summed E-state index contributed by atoms with van der Waals surface area (Å²) in [6.07, 6.45) is 3.97. The highest BCUT2D eigenvalue weighted by Gasteiger charge is 2.59.